The predicted molar refractivity (Wildman–Crippen MR) is 104 cm³/mol. The molecule has 2 atom stereocenters. The van der Waals surface area contributed by atoms with Crippen molar-refractivity contribution in [3.8, 4) is 0 Å². The van der Waals surface area contributed by atoms with Crippen LogP contribution in [-0.4, -0.2) is 29.7 Å². The first-order chi connectivity index (χ1) is 13.8. The third kappa shape index (κ3) is 3.28. The summed E-state index contributed by atoms with van der Waals surface area (Å²) in [7, 11) is 0. The van der Waals surface area contributed by atoms with Gasteiger partial charge in [0.1, 0.15) is 29.9 Å². The number of hydrogen-bond donors (Lipinski definition) is 1. The molecular weight excluding hydrogens is 400 g/mol. The Balaban J connectivity index is 1.89. The van der Waals surface area contributed by atoms with Crippen molar-refractivity contribution in [2.75, 3.05) is 0 Å². The first-order valence-corrected chi connectivity index (χ1v) is 9.32. The van der Waals surface area contributed by atoms with E-state index < -0.39 is 23.3 Å². The molecular formula is C20H18ClF2N5O. The fourth-order valence-electron chi connectivity index (χ4n) is 3.68. The second-order valence-electron chi connectivity index (χ2n) is 6.98. The molecule has 1 N–H and O–H groups in total. The van der Waals surface area contributed by atoms with E-state index in [9.17, 15) is 13.9 Å². The minimum absolute atomic E-state index is 0.0630. The van der Waals surface area contributed by atoms with Crippen LogP contribution in [-0.2, 0) is 12.1 Å². The summed E-state index contributed by atoms with van der Waals surface area (Å²) in [5.41, 5.74) is -0.487. The zero-order chi connectivity index (χ0) is 20.8. The van der Waals surface area contributed by atoms with Crippen LogP contribution in [0.25, 0.3) is 10.9 Å². The Morgan fingerprint density at radius 3 is 2.69 bits per heavy atom. The summed E-state index contributed by atoms with van der Waals surface area (Å²) < 4.78 is 31.2. The number of aliphatic hydroxyl groups is 1. The van der Waals surface area contributed by atoms with Gasteiger partial charge < -0.3 is 5.11 Å². The third-order valence-electron chi connectivity index (χ3n) is 5.24. The van der Waals surface area contributed by atoms with Crippen molar-refractivity contribution in [3.63, 3.8) is 0 Å². The Morgan fingerprint density at radius 2 is 2.03 bits per heavy atom. The SMILES string of the molecule is Cc1c2c(Cl)cccc2nn1[C@H](C)[C@](O)(Cn1cncn1)c1ccc(F)cc1F. The van der Waals surface area contributed by atoms with Gasteiger partial charge in [0.2, 0.25) is 0 Å². The third-order valence-corrected chi connectivity index (χ3v) is 5.55. The normalized spacial score (nSPS) is 14.8. The smallest absolute Gasteiger partial charge is 0.137 e. The number of halogens is 3. The Bertz CT molecular complexity index is 1180. The van der Waals surface area contributed by atoms with E-state index >= 15 is 0 Å². The molecule has 0 saturated carbocycles. The molecule has 2 aromatic carbocycles. The number of aryl methyl sites for hydroxylation is 1. The lowest BCUT2D eigenvalue weighted by atomic mass is 9.86. The van der Waals surface area contributed by atoms with Crippen LogP contribution in [0.1, 0.15) is 24.2 Å². The summed E-state index contributed by atoms with van der Waals surface area (Å²) in [5.74, 6) is -1.58. The van der Waals surface area contributed by atoms with Gasteiger partial charge in [0.25, 0.3) is 0 Å². The highest BCUT2D eigenvalue weighted by Gasteiger charge is 2.41. The maximum absolute atomic E-state index is 14.7. The summed E-state index contributed by atoms with van der Waals surface area (Å²) in [4.78, 5) is 3.88. The molecule has 0 fully saturated rings. The van der Waals surface area contributed by atoms with Gasteiger partial charge in [-0.2, -0.15) is 10.2 Å². The molecule has 4 aromatic rings. The lowest BCUT2D eigenvalue weighted by molar-refractivity contribution is -0.0372. The molecule has 6 nitrogen and oxygen atoms in total. The molecule has 150 valence electrons. The van der Waals surface area contributed by atoms with Crippen molar-refractivity contribution in [3.05, 3.63) is 77.0 Å². The van der Waals surface area contributed by atoms with Crippen molar-refractivity contribution >= 4 is 22.5 Å². The predicted octanol–water partition coefficient (Wildman–Crippen LogP) is 4.02. The van der Waals surface area contributed by atoms with Gasteiger partial charge in [-0.05, 0) is 32.0 Å². The second-order valence-corrected chi connectivity index (χ2v) is 7.39. The fourth-order valence-corrected chi connectivity index (χ4v) is 3.99. The Hall–Kier alpha value is -2.84. The van der Waals surface area contributed by atoms with E-state index in [-0.39, 0.29) is 12.1 Å². The van der Waals surface area contributed by atoms with E-state index in [1.54, 1.807) is 23.7 Å². The van der Waals surface area contributed by atoms with Crippen LogP contribution in [0.5, 0.6) is 0 Å². The highest BCUT2D eigenvalue weighted by Crippen LogP contribution is 2.38. The maximum Gasteiger partial charge on any atom is 0.137 e. The molecule has 0 amide bonds. The first-order valence-electron chi connectivity index (χ1n) is 8.95. The molecule has 0 radical (unpaired) electrons. The molecule has 4 rings (SSSR count). The molecule has 2 heterocycles. The van der Waals surface area contributed by atoms with E-state index in [2.05, 4.69) is 15.2 Å². The number of hydrogen-bond acceptors (Lipinski definition) is 4. The first kappa shape index (κ1) is 19.5. The van der Waals surface area contributed by atoms with Gasteiger partial charge in [-0.15, -0.1) is 0 Å². The highest BCUT2D eigenvalue weighted by molar-refractivity contribution is 6.35. The van der Waals surface area contributed by atoms with Crippen molar-refractivity contribution in [1.82, 2.24) is 24.5 Å². The molecule has 9 heteroatoms. The zero-order valence-corrected chi connectivity index (χ0v) is 16.5. The van der Waals surface area contributed by atoms with E-state index in [0.29, 0.717) is 10.5 Å². The van der Waals surface area contributed by atoms with Crippen molar-refractivity contribution < 1.29 is 13.9 Å². The molecule has 2 aromatic heterocycles. The summed E-state index contributed by atoms with van der Waals surface area (Å²) in [6.07, 6.45) is 2.74. The fraction of sp³-hybridized carbons (Fsp3) is 0.250. The Labute approximate surface area is 170 Å². The average molecular weight is 418 g/mol. The van der Waals surface area contributed by atoms with Crippen LogP contribution in [0.3, 0.4) is 0 Å². The standard InChI is InChI=1S/C20H18ClF2N5O/c1-12-19-16(21)4-3-5-18(19)26-28(12)13(2)20(29,9-27-11-24-10-25-27)15-7-6-14(22)8-17(15)23/h3-8,10-11,13,29H,9H2,1-2H3/t13-,20-/m1/s1. The minimum Gasteiger partial charge on any atom is -0.381 e. The largest absolute Gasteiger partial charge is 0.381 e. The lowest BCUT2D eigenvalue weighted by Crippen LogP contribution is -2.41. The van der Waals surface area contributed by atoms with Gasteiger partial charge >= 0.3 is 0 Å². The van der Waals surface area contributed by atoms with E-state index in [0.717, 1.165) is 23.2 Å². The van der Waals surface area contributed by atoms with Gasteiger partial charge in [0.15, 0.2) is 0 Å². The van der Waals surface area contributed by atoms with E-state index in [1.165, 1.54) is 23.4 Å². The topological polar surface area (TPSA) is 68.8 Å². The molecule has 0 bridgehead atoms. The number of fused-ring (bicyclic) bond motifs is 1. The monoisotopic (exact) mass is 417 g/mol. The van der Waals surface area contributed by atoms with Crippen molar-refractivity contribution in [2.45, 2.75) is 32.0 Å². The molecule has 0 aliphatic rings. The summed E-state index contributed by atoms with van der Waals surface area (Å²) >= 11 is 6.33. The molecule has 0 aliphatic heterocycles. The van der Waals surface area contributed by atoms with Crippen molar-refractivity contribution in [2.24, 2.45) is 0 Å². The second kappa shape index (κ2) is 7.20. The molecule has 0 aliphatic carbocycles. The van der Waals surface area contributed by atoms with Crippen LogP contribution in [0.15, 0.2) is 49.1 Å². The maximum atomic E-state index is 14.7. The molecule has 0 unspecified atom stereocenters. The average Bonchev–Trinajstić information content (AvgIpc) is 3.29. The van der Waals surface area contributed by atoms with Gasteiger partial charge in [-0.25, -0.2) is 18.4 Å². The molecule has 0 saturated heterocycles. The van der Waals surface area contributed by atoms with Gasteiger partial charge in [-0.3, -0.25) is 4.68 Å². The molecule has 29 heavy (non-hydrogen) atoms. The Kier molecular flexibility index (Phi) is 4.84. The van der Waals surface area contributed by atoms with E-state index in [1.807, 2.05) is 13.0 Å². The zero-order valence-electron chi connectivity index (χ0n) is 15.7. The van der Waals surface area contributed by atoms with Crippen LogP contribution in [0, 0.1) is 18.6 Å². The highest BCUT2D eigenvalue weighted by atomic mass is 35.5. The van der Waals surface area contributed by atoms with Crippen molar-refractivity contribution in [1.29, 1.82) is 0 Å². The van der Waals surface area contributed by atoms with Crippen LogP contribution in [0.2, 0.25) is 5.02 Å². The van der Waals surface area contributed by atoms with Crippen LogP contribution < -0.4 is 0 Å². The van der Waals surface area contributed by atoms with Crippen LogP contribution >= 0.6 is 11.6 Å². The van der Waals surface area contributed by atoms with Gasteiger partial charge in [-0.1, -0.05) is 23.7 Å². The summed E-state index contributed by atoms with van der Waals surface area (Å²) in [5, 5.41) is 21.6. The Morgan fingerprint density at radius 1 is 1.24 bits per heavy atom. The number of aromatic nitrogens is 5. The number of rotatable bonds is 5. The quantitative estimate of drug-likeness (QED) is 0.532. The van der Waals surface area contributed by atoms with Gasteiger partial charge in [0, 0.05) is 22.7 Å². The van der Waals surface area contributed by atoms with Crippen LogP contribution in [0.4, 0.5) is 8.78 Å². The number of benzene rings is 2. The number of nitrogens with zero attached hydrogens (tertiary/aromatic N) is 5. The summed E-state index contributed by atoms with van der Waals surface area (Å²) in [6.45, 7) is 3.43. The van der Waals surface area contributed by atoms with Gasteiger partial charge in [0.05, 0.1) is 23.1 Å². The lowest BCUT2D eigenvalue weighted by Gasteiger charge is -2.35. The molecule has 0 spiro atoms. The minimum atomic E-state index is -1.80. The summed E-state index contributed by atoms with van der Waals surface area (Å²) in [6, 6.07) is 7.71. The van der Waals surface area contributed by atoms with E-state index in [4.69, 9.17) is 11.6 Å².